The van der Waals surface area contributed by atoms with Crippen LogP contribution in [0.5, 0.6) is 0 Å². The maximum atomic E-state index is 12.2. The lowest BCUT2D eigenvalue weighted by Crippen LogP contribution is -2.42. The van der Waals surface area contributed by atoms with Crippen molar-refractivity contribution < 1.29 is 14.7 Å². The second-order valence-corrected chi connectivity index (χ2v) is 5.99. The number of halogens is 1. The van der Waals surface area contributed by atoms with Gasteiger partial charge in [0.25, 0.3) is 5.91 Å². The van der Waals surface area contributed by atoms with Gasteiger partial charge in [-0.15, -0.1) is 0 Å². The van der Waals surface area contributed by atoms with E-state index in [2.05, 4.69) is 0 Å². The minimum Gasteiger partial charge on any atom is -0.378 e. The summed E-state index contributed by atoms with van der Waals surface area (Å²) in [5.41, 5.74) is 0.471. The van der Waals surface area contributed by atoms with Crippen molar-refractivity contribution in [1.29, 1.82) is 0 Å². The highest BCUT2D eigenvalue weighted by atomic mass is 35.5. The van der Waals surface area contributed by atoms with Crippen molar-refractivity contribution in [2.24, 2.45) is 0 Å². The Labute approximate surface area is 135 Å². The first-order valence-corrected chi connectivity index (χ1v) is 7.83. The van der Waals surface area contributed by atoms with E-state index in [0.717, 1.165) is 19.4 Å². The molecule has 1 aromatic rings. The number of likely N-dealkylation sites (tertiary alicyclic amines) is 1. The van der Waals surface area contributed by atoms with Crippen molar-refractivity contribution in [3.63, 3.8) is 0 Å². The molecule has 2 rings (SSSR count). The zero-order chi connectivity index (χ0) is 16.1. The fraction of sp³-hybridized carbons (Fsp3) is 0.500. The number of aliphatic hydroxyl groups excluding tert-OH is 1. The number of benzene rings is 1. The van der Waals surface area contributed by atoms with Crippen molar-refractivity contribution in [2.45, 2.75) is 25.4 Å². The van der Waals surface area contributed by atoms with Crippen LogP contribution in [0.15, 0.2) is 24.3 Å². The Bertz CT molecular complexity index is 550. The SMILES string of the molecule is CN(CCN1CCCCC1=O)C(=O)[C@@H](O)c1cccc(Cl)c1. The van der Waals surface area contributed by atoms with Crippen LogP contribution in [0, 0.1) is 0 Å². The first-order valence-electron chi connectivity index (χ1n) is 7.45. The quantitative estimate of drug-likeness (QED) is 0.899. The fourth-order valence-electron chi connectivity index (χ4n) is 2.51. The lowest BCUT2D eigenvalue weighted by Gasteiger charge is -2.29. The van der Waals surface area contributed by atoms with Gasteiger partial charge in [-0.25, -0.2) is 0 Å². The molecule has 0 bridgehead atoms. The number of carbonyl (C=O) groups is 2. The summed E-state index contributed by atoms with van der Waals surface area (Å²) in [5, 5.41) is 10.6. The van der Waals surface area contributed by atoms with E-state index in [4.69, 9.17) is 11.6 Å². The van der Waals surface area contributed by atoms with Crippen LogP contribution in [0.3, 0.4) is 0 Å². The van der Waals surface area contributed by atoms with E-state index in [1.807, 2.05) is 0 Å². The predicted octanol–water partition coefficient (Wildman–Crippen LogP) is 1.84. The number of rotatable bonds is 5. The zero-order valence-corrected chi connectivity index (χ0v) is 13.4. The third-order valence-electron chi connectivity index (χ3n) is 3.90. The molecule has 5 nitrogen and oxygen atoms in total. The van der Waals surface area contributed by atoms with Crippen molar-refractivity contribution in [3.8, 4) is 0 Å². The van der Waals surface area contributed by atoms with E-state index in [0.29, 0.717) is 30.1 Å². The Hall–Kier alpha value is -1.59. The average Bonchev–Trinajstić information content (AvgIpc) is 2.52. The first kappa shape index (κ1) is 16.8. The van der Waals surface area contributed by atoms with Crippen LogP contribution in [-0.4, -0.2) is 53.4 Å². The number of amides is 2. The number of hydrogen-bond donors (Lipinski definition) is 1. The second kappa shape index (κ2) is 7.61. The second-order valence-electron chi connectivity index (χ2n) is 5.56. The van der Waals surface area contributed by atoms with Crippen LogP contribution in [0.25, 0.3) is 0 Å². The predicted molar refractivity (Wildman–Crippen MR) is 84.5 cm³/mol. The van der Waals surface area contributed by atoms with E-state index in [9.17, 15) is 14.7 Å². The van der Waals surface area contributed by atoms with E-state index in [1.165, 1.54) is 4.90 Å². The summed E-state index contributed by atoms with van der Waals surface area (Å²) < 4.78 is 0. The zero-order valence-electron chi connectivity index (χ0n) is 12.7. The highest BCUT2D eigenvalue weighted by molar-refractivity contribution is 6.30. The minimum atomic E-state index is -1.24. The van der Waals surface area contributed by atoms with Crippen LogP contribution in [0.2, 0.25) is 5.02 Å². The molecule has 1 atom stereocenters. The molecule has 6 heteroatoms. The summed E-state index contributed by atoms with van der Waals surface area (Å²) in [6.45, 7) is 1.66. The van der Waals surface area contributed by atoms with Crippen LogP contribution >= 0.6 is 11.6 Å². The highest BCUT2D eigenvalue weighted by Crippen LogP contribution is 2.19. The number of piperidine rings is 1. The van der Waals surface area contributed by atoms with Gasteiger partial charge in [-0.05, 0) is 30.5 Å². The molecule has 1 aliphatic rings. The highest BCUT2D eigenvalue weighted by Gasteiger charge is 2.23. The molecule has 1 fully saturated rings. The fourth-order valence-corrected chi connectivity index (χ4v) is 2.71. The topological polar surface area (TPSA) is 60.9 Å². The van der Waals surface area contributed by atoms with E-state index in [-0.39, 0.29) is 5.91 Å². The number of aliphatic hydroxyl groups is 1. The Kier molecular flexibility index (Phi) is 5.80. The summed E-state index contributed by atoms with van der Waals surface area (Å²) >= 11 is 5.87. The molecule has 120 valence electrons. The number of likely N-dealkylation sites (N-methyl/N-ethyl adjacent to an activating group) is 1. The van der Waals surface area contributed by atoms with Gasteiger partial charge in [-0.1, -0.05) is 23.7 Å². The molecule has 0 aromatic heterocycles. The average molecular weight is 325 g/mol. The van der Waals surface area contributed by atoms with E-state index >= 15 is 0 Å². The molecule has 2 amide bonds. The number of hydrogen-bond acceptors (Lipinski definition) is 3. The molecule has 0 unspecified atom stereocenters. The molecule has 1 aromatic carbocycles. The van der Waals surface area contributed by atoms with Gasteiger partial charge in [0.2, 0.25) is 5.91 Å². The molecule has 0 aliphatic carbocycles. The largest absolute Gasteiger partial charge is 0.378 e. The molecular formula is C16H21ClN2O3. The summed E-state index contributed by atoms with van der Waals surface area (Å²) in [6, 6.07) is 6.62. The van der Waals surface area contributed by atoms with Crippen molar-refractivity contribution in [2.75, 3.05) is 26.7 Å². The van der Waals surface area contributed by atoms with Crippen LogP contribution in [0.4, 0.5) is 0 Å². The summed E-state index contributed by atoms with van der Waals surface area (Å²) in [4.78, 5) is 27.2. The lowest BCUT2D eigenvalue weighted by molar-refractivity contribution is -0.141. The smallest absolute Gasteiger partial charge is 0.255 e. The van der Waals surface area contributed by atoms with Gasteiger partial charge >= 0.3 is 0 Å². The van der Waals surface area contributed by atoms with Gasteiger partial charge in [0.05, 0.1) is 0 Å². The Balaban J connectivity index is 1.89. The molecular weight excluding hydrogens is 304 g/mol. The van der Waals surface area contributed by atoms with Crippen molar-refractivity contribution >= 4 is 23.4 Å². The van der Waals surface area contributed by atoms with E-state index < -0.39 is 12.0 Å². The van der Waals surface area contributed by atoms with Crippen LogP contribution < -0.4 is 0 Å². The van der Waals surface area contributed by atoms with Gasteiger partial charge in [-0.3, -0.25) is 9.59 Å². The van der Waals surface area contributed by atoms with Crippen LogP contribution in [-0.2, 0) is 9.59 Å². The van der Waals surface area contributed by atoms with Gasteiger partial charge in [0.15, 0.2) is 6.10 Å². The summed E-state index contributed by atoms with van der Waals surface area (Å²) in [7, 11) is 1.63. The molecule has 1 aliphatic heterocycles. The summed E-state index contributed by atoms with van der Waals surface area (Å²) in [5.74, 6) is -0.255. The first-order chi connectivity index (χ1) is 10.5. The van der Waals surface area contributed by atoms with Gasteiger partial charge in [-0.2, -0.15) is 0 Å². The minimum absolute atomic E-state index is 0.141. The molecule has 1 N–H and O–H groups in total. The lowest BCUT2D eigenvalue weighted by atomic mass is 10.1. The van der Waals surface area contributed by atoms with Crippen molar-refractivity contribution in [1.82, 2.24) is 9.80 Å². The molecule has 1 saturated heterocycles. The molecule has 22 heavy (non-hydrogen) atoms. The van der Waals surface area contributed by atoms with Gasteiger partial charge < -0.3 is 14.9 Å². The van der Waals surface area contributed by atoms with Crippen LogP contribution in [0.1, 0.15) is 30.9 Å². The normalized spacial score (nSPS) is 16.5. The molecule has 0 spiro atoms. The number of nitrogens with zero attached hydrogens (tertiary/aromatic N) is 2. The molecule has 0 radical (unpaired) electrons. The van der Waals surface area contributed by atoms with Crippen molar-refractivity contribution in [3.05, 3.63) is 34.9 Å². The standard InChI is InChI=1S/C16H21ClN2O3/c1-18(9-10-19-8-3-2-7-14(19)20)16(22)15(21)12-5-4-6-13(17)11-12/h4-6,11,15,21H,2-3,7-10H2,1H3/t15-/m0/s1. The monoisotopic (exact) mass is 324 g/mol. The summed E-state index contributed by atoms with van der Waals surface area (Å²) in [6.07, 6.45) is 1.30. The van der Waals surface area contributed by atoms with Gasteiger partial charge in [0.1, 0.15) is 0 Å². The third-order valence-corrected chi connectivity index (χ3v) is 4.14. The Morgan fingerprint density at radius 1 is 1.45 bits per heavy atom. The molecule has 0 saturated carbocycles. The Morgan fingerprint density at radius 3 is 2.91 bits per heavy atom. The number of carbonyl (C=O) groups excluding carboxylic acids is 2. The molecule has 1 heterocycles. The maximum absolute atomic E-state index is 12.2. The third kappa shape index (κ3) is 4.21. The van der Waals surface area contributed by atoms with E-state index in [1.54, 1.807) is 36.2 Å². The maximum Gasteiger partial charge on any atom is 0.255 e. The van der Waals surface area contributed by atoms with Gasteiger partial charge in [0, 0.05) is 38.1 Å². The Morgan fingerprint density at radius 2 is 2.23 bits per heavy atom.